The maximum atomic E-state index is 15.4. The maximum absolute atomic E-state index is 15.4. The van der Waals surface area contributed by atoms with Crippen molar-refractivity contribution in [1.29, 1.82) is 0 Å². The monoisotopic (exact) mass is 314 g/mol. The number of hydrogen-bond donors (Lipinski definition) is 1. The van der Waals surface area contributed by atoms with Gasteiger partial charge in [-0.05, 0) is 12.5 Å². The molecule has 3 heterocycles. The summed E-state index contributed by atoms with van der Waals surface area (Å²) in [5.41, 5.74) is 0.224. The minimum Gasteiger partial charge on any atom is -0.354 e. The van der Waals surface area contributed by atoms with Crippen molar-refractivity contribution in [1.82, 2.24) is 14.5 Å². The molecule has 1 N–H and O–H groups in total. The van der Waals surface area contributed by atoms with Gasteiger partial charge in [-0.3, -0.25) is 9.69 Å². The van der Waals surface area contributed by atoms with Crippen LogP contribution in [0.3, 0.4) is 0 Å². The van der Waals surface area contributed by atoms with Gasteiger partial charge in [0.05, 0.1) is 11.3 Å². The van der Waals surface area contributed by atoms with Gasteiger partial charge < -0.3 is 9.88 Å². The van der Waals surface area contributed by atoms with Crippen LogP contribution in [0.15, 0.2) is 35.1 Å². The Labute approximate surface area is 133 Å². The van der Waals surface area contributed by atoms with E-state index in [9.17, 15) is 4.79 Å². The quantitative estimate of drug-likeness (QED) is 0.919. The number of nitrogens with zero attached hydrogens (tertiary/aromatic N) is 3. The second-order valence-electron chi connectivity index (χ2n) is 6.47. The minimum absolute atomic E-state index is 0.276. The Hall–Kier alpha value is -2.21. The zero-order chi connectivity index (χ0) is 16.0. The summed E-state index contributed by atoms with van der Waals surface area (Å²) in [6.45, 7) is 4.25. The number of alkyl halides is 1. The largest absolute Gasteiger partial charge is 0.354 e. The van der Waals surface area contributed by atoms with Crippen molar-refractivity contribution < 1.29 is 4.39 Å². The Kier molecular flexibility index (Phi) is 3.23. The molecule has 5 nitrogen and oxygen atoms in total. The van der Waals surface area contributed by atoms with Crippen molar-refractivity contribution in [3.8, 4) is 0 Å². The van der Waals surface area contributed by atoms with E-state index in [0.717, 1.165) is 5.56 Å². The van der Waals surface area contributed by atoms with E-state index in [2.05, 4.69) is 10.3 Å². The van der Waals surface area contributed by atoms with Crippen LogP contribution in [0.1, 0.15) is 23.7 Å². The van der Waals surface area contributed by atoms with Gasteiger partial charge in [0.1, 0.15) is 0 Å². The van der Waals surface area contributed by atoms with Gasteiger partial charge in [0.2, 0.25) is 5.95 Å². The summed E-state index contributed by atoms with van der Waals surface area (Å²) >= 11 is 0. The highest BCUT2D eigenvalue weighted by Crippen LogP contribution is 2.35. The van der Waals surface area contributed by atoms with E-state index in [4.69, 9.17) is 0 Å². The van der Waals surface area contributed by atoms with Crippen LogP contribution in [0.4, 0.5) is 10.3 Å². The lowest BCUT2D eigenvalue weighted by molar-refractivity contribution is 0.0695. The number of nitrogens with one attached hydrogen (secondary N) is 1. The molecule has 0 fully saturated rings. The standard InChI is InChI=1S/C17H19FN4O/c1-17(18)11-21(9-12-5-3-2-4-6-12)10-13-14(17)22-8-7-19-16(22)20-15(13)23/h2-6H,7-11H2,1H3,(H,19,20,23). The van der Waals surface area contributed by atoms with Crippen molar-refractivity contribution in [2.45, 2.75) is 32.2 Å². The van der Waals surface area contributed by atoms with E-state index in [0.29, 0.717) is 43.4 Å². The second kappa shape index (κ2) is 5.16. The number of rotatable bonds is 2. The average Bonchev–Trinajstić information content (AvgIpc) is 2.95. The van der Waals surface area contributed by atoms with Crippen LogP contribution in [-0.2, 0) is 25.3 Å². The number of aromatic nitrogens is 2. The van der Waals surface area contributed by atoms with E-state index in [-0.39, 0.29) is 12.1 Å². The highest BCUT2D eigenvalue weighted by atomic mass is 19.1. The number of fused-ring (bicyclic) bond motifs is 3. The fourth-order valence-electron chi connectivity index (χ4n) is 3.69. The van der Waals surface area contributed by atoms with E-state index < -0.39 is 5.67 Å². The maximum Gasteiger partial charge on any atom is 0.279 e. The molecule has 2 aliphatic rings. The molecule has 0 amide bonds. The molecule has 0 bridgehead atoms. The number of halogens is 1. The van der Waals surface area contributed by atoms with Gasteiger partial charge in [-0.25, -0.2) is 4.39 Å². The van der Waals surface area contributed by atoms with Crippen LogP contribution < -0.4 is 10.9 Å². The predicted octanol–water partition coefficient (Wildman–Crippen LogP) is 1.87. The first-order valence-corrected chi connectivity index (χ1v) is 7.88. The lowest BCUT2D eigenvalue weighted by Gasteiger charge is -2.37. The molecule has 2 aliphatic heterocycles. The highest BCUT2D eigenvalue weighted by molar-refractivity contribution is 5.39. The molecule has 4 rings (SSSR count). The average molecular weight is 314 g/mol. The normalized spacial score (nSPS) is 23.2. The van der Waals surface area contributed by atoms with Crippen LogP contribution in [0.5, 0.6) is 0 Å². The zero-order valence-corrected chi connectivity index (χ0v) is 13.1. The Bertz CT molecular complexity index is 800. The van der Waals surface area contributed by atoms with Crippen molar-refractivity contribution >= 4 is 5.95 Å². The predicted molar refractivity (Wildman–Crippen MR) is 86.0 cm³/mol. The van der Waals surface area contributed by atoms with Crippen LogP contribution >= 0.6 is 0 Å². The molecule has 0 saturated heterocycles. The van der Waals surface area contributed by atoms with E-state index in [1.807, 2.05) is 39.8 Å². The first-order valence-electron chi connectivity index (χ1n) is 7.88. The smallest absolute Gasteiger partial charge is 0.279 e. The van der Waals surface area contributed by atoms with Gasteiger partial charge in [0.25, 0.3) is 5.56 Å². The van der Waals surface area contributed by atoms with E-state index in [1.54, 1.807) is 6.92 Å². The van der Waals surface area contributed by atoms with Crippen LogP contribution in [-0.4, -0.2) is 27.5 Å². The van der Waals surface area contributed by atoms with Crippen LogP contribution in [0.25, 0.3) is 0 Å². The van der Waals surface area contributed by atoms with Crippen molar-refractivity contribution in [2.24, 2.45) is 0 Å². The molecule has 1 unspecified atom stereocenters. The Morgan fingerprint density at radius 1 is 1.35 bits per heavy atom. The summed E-state index contributed by atoms with van der Waals surface area (Å²) in [5, 5.41) is 3.05. The van der Waals surface area contributed by atoms with E-state index in [1.165, 1.54) is 0 Å². The third-order valence-corrected chi connectivity index (χ3v) is 4.54. The summed E-state index contributed by atoms with van der Waals surface area (Å²) < 4.78 is 17.2. The van der Waals surface area contributed by atoms with Crippen molar-refractivity contribution in [3.05, 3.63) is 57.5 Å². The SMILES string of the molecule is CC1(F)CN(Cc2ccccc2)Cc2c1n1c(nc2=O)NCC1. The molecule has 0 aliphatic carbocycles. The van der Waals surface area contributed by atoms with Gasteiger partial charge in [-0.2, -0.15) is 4.98 Å². The molecule has 2 aromatic rings. The molecular weight excluding hydrogens is 295 g/mol. The summed E-state index contributed by atoms with van der Waals surface area (Å²) in [7, 11) is 0. The first-order chi connectivity index (χ1) is 11.0. The molecule has 0 radical (unpaired) electrons. The Balaban J connectivity index is 1.74. The van der Waals surface area contributed by atoms with Crippen LogP contribution in [0, 0.1) is 0 Å². The number of hydrogen-bond acceptors (Lipinski definition) is 4. The Morgan fingerprint density at radius 2 is 2.13 bits per heavy atom. The van der Waals surface area contributed by atoms with Gasteiger partial charge in [-0.15, -0.1) is 0 Å². The van der Waals surface area contributed by atoms with Gasteiger partial charge in [-0.1, -0.05) is 30.3 Å². The fourth-order valence-corrected chi connectivity index (χ4v) is 3.69. The summed E-state index contributed by atoms with van der Waals surface area (Å²) in [5.74, 6) is 0.495. The molecule has 0 spiro atoms. The molecule has 1 aromatic carbocycles. The number of anilines is 1. The molecule has 0 saturated carbocycles. The lowest BCUT2D eigenvalue weighted by Crippen LogP contribution is -2.45. The van der Waals surface area contributed by atoms with Crippen molar-refractivity contribution in [3.63, 3.8) is 0 Å². The third kappa shape index (κ3) is 2.43. The fraction of sp³-hybridized carbons (Fsp3) is 0.412. The topological polar surface area (TPSA) is 50.2 Å². The third-order valence-electron chi connectivity index (χ3n) is 4.54. The highest BCUT2D eigenvalue weighted by Gasteiger charge is 2.41. The van der Waals surface area contributed by atoms with Gasteiger partial charge in [0.15, 0.2) is 5.67 Å². The lowest BCUT2D eigenvalue weighted by atomic mass is 9.93. The van der Waals surface area contributed by atoms with Gasteiger partial charge >= 0.3 is 0 Å². The summed E-state index contributed by atoms with van der Waals surface area (Å²) in [4.78, 5) is 18.4. The molecule has 1 atom stereocenters. The summed E-state index contributed by atoms with van der Waals surface area (Å²) in [6.07, 6.45) is 0. The minimum atomic E-state index is -1.56. The van der Waals surface area contributed by atoms with Crippen molar-refractivity contribution in [2.75, 3.05) is 18.4 Å². The summed E-state index contributed by atoms with van der Waals surface area (Å²) in [6, 6.07) is 9.93. The molecule has 120 valence electrons. The zero-order valence-electron chi connectivity index (χ0n) is 13.1. The Morgan fingerprint density at radius 3 is 2.91 bits per heavy atom. The van der Waals surface area contributed by atoms with E-state index >= 15 is 4.39 Å². The molecule has 23 heavy (non-hydrogen) atoms. The first kappa shape index (κ1) is 14.4. The molecule has 6 heteroatoms. The van der Waals surface area contributed by atoms with Crippen LogP contribution in [0.2, 0.25) is 0 Å². The second-order valence-corrected chi connectivity index (χ2v) is 6.47. The molecular formula is C17H19FN4O. The molecule has 1 aromatic heterocycles. The van der Waals surface area contributed by atoms with Gasteiger partial charge in [0, 0.05) is 32.7 Å². The number of benzene rings is 1.